The molecular weight excluding hydrogens is 350 g/mol. The molecule has 0 aliphatic heterocycles. The molecule has 1 heterocycles. The third-order valence-electron chi connectivity index (χ3n) is 3.40. The van der Waals surface area contributed by atoms with E-state index >= 15 is 0 Å². The number of benzene rings is 1. The van der Waals surface area contributed by atoms with Crippen molar-refractivity contribution >= 4 is 23.4 Å². The molecule has 140 valence electrons. The summed E-state index contributed by atoms with van der Waals surface area (Å²) < 4.78 is 10.7. The van der Waals surface area contributed by atoms with Gasteiger partial charge in [0.2, 0.25) is 0 Å². The standard InChI is InChI=1S/C20H25NO4S/c1-14-10-11-16(26-14)12-17(21-19(23)25-20(2,3)4)18(22)24-13-15-8-6-5-7-9-15/h5-11,17H,12-13H2,1-4H3,(H,21,23). The van der Waals surface area contributed by atoms with Crippen LogP contribution in [0.15, 0.2) is 42.5 Å². The van der Waals surface area contributed by atoms with Gasteiger partial charge in [-0.1, -0.05) is 30.3 Å². The summed E-state index contributed by atoms with van der Waals surface area (Å²) in [6.07, 6.45) is -0.266. The summed E-state index contributed by atoms with van der Waals surface area (Å²) in [5.41, 5.74) is 0.256. The summed E-state index contributed by atoms with van der Waals surface area (Å²) in [5, 5.41) is 2.64. The maximum absolute atomic E-state index is 12.5. The fourth-order valence-corrected chi connectivity index (χ4v) is 3.20. The molecule has 1 N–H and O–H groups in total. The first-order valence-electron chi connectivity index (χ1n) is 8.48. The van der Waals surface area contributed by atoms with Crippen molar-refractivity contribution in [2.75, 3.05) is 0 Å². The molecule has 2 rings (SSSR count). The average Bonchev–Trinajstić information content (AvgIpc) is 2.96. The third kappa shape index (κ3) is 6.88. The van der Waals surface area contributed by atoms with E-state index in [1.54, 1.807) is 32.1 Å². The largest absolute Gasteiger partial charge is 0.459 e. The van der Waals surface area contributed by atoms with Crippen LogP contribution in [0.1, 0.15) is 36.1 Å². The average molecular weight is 375 g/mol. The second-order valence-electron chi connectivity index (χ2n) is 7.01. The zero-order chi connectivity index (χ0) is 19.2. The molecular formula is C20H25NO4S. The normalized spacial score (nSPS) is 12.3. The van der Waals surface area contributed by atoms with Crippen LogP contribution in [0.25, 0.3) is 0 Å². The van der Waals surface area contributed by atoms with Gasteiger partial charge in [-0.3, -0.25) is 0 Å². The summed E-state index contributed by atoms with van der Waals surface area (Å²) >= 11 is 1.59. The molecule has 0 aliphatic carbocycles. The summed E-state index contributed by atoms with van der Waals surface area (Å²) in [6, 6.07) is 12.6. The van der Waals surface area contributed by atoms with Gasteiger partial charge in [-0.05, 0) is 45.4 Å². The number of amides is 1. The van der Waals surface area contributed by atoms with E-state index in [9.17, 15) is 9.59 Å². The van der Waals surface area contributed by atoms with Crippen LogP contribution >= 0.6 is 11.3 Å². The highest BCUT2D eigenvalue weighted by Crippen LogP contribution is 2.18. The van der Waals surface area contributed by atoms with Crippen molar-refractivity contribution in [1.29, 1.82) is 0 Å². The van der Waals surface area contributed by atoms with Crippen molar-refractivity contribution in [3.63, 3.8) is 0 Å². The molecule has 0 spiro atoms. The lowest BCUT2D eigenvalue weighted by Gasteiger charge is -2.22. The number of hydrogen-bond donors (Lipinski definition) is 1. The molecule has 1 atom stereocenters. The van der Waals surface area contributed by atoms with Gasteiger partial charge >= 0.3 is 12.1 Å². The molecule has 0 aliphatic rings. The van der Waals surface area contributed by atoms with Gasteiger partial charge in [-0.25, -0.2) is 9.59 Å². The van der Waals surface area contributed by atoms with Gasteiger partial charge in [-0.2, -0.15) is 0 Å². The number of thiophene rings is 1. The van der Waals surface area contributed by atoms with Crippen molar-refractivity contribution in [3.05, 3.63) is 57.8 Å². The van der Waals surface area contributed by atoms with Crippen molar-refractivity contribution in [2.45, 2.75) is 52.4 Å². The topological polar surface area (TPSA) is 64.6 Å². The Labute approximate surface area is 158 Å². The maximum Gasteiger partial charge on any atom is 0.408 e. The van der Waals surface area contributed by atoms with Crippen LogP contribution in [0.5, 0.6) is 0 Å². The molecule has 0 fully saturated rings. The van der Waals surface area contributed by atoms with E-state index in [0.29, 0.717) is 6.42 Å². The zero-order valence-electron chi connectivity index (χ0n) is 15.6. The highest BCUT2D eigenvalue weighted by molar-refractivity contribution is 7.11. The molecule has 26 heavy (non-hydrogen) atoms. The lowest BCUT2D eigenvalue weighted by molar-refractivity contribution is -0.147. The first-order valence-corrected chi connectivity index (χ1v) is 9.30. The SMILES string of the molecule is Cc1ccc(CC(NC(=O)OC(C)(C)C)C(=O)OCc2ccccc2)s1. The molecule has 1 amide bonds. The monoisotopic (exact) mass is 375 g/mol. The van der Waals surface area contributed by atoms with Crippen LogP contribution in [0.3, 0.4) is 0 Å². The predicted molar refractivity (Wildman–Crippen MR) is 102 cm³/mol. The Morgan fingerprint density at radius 1 is 1.12 bits per heavy atom. The molecule has 2 aromatic rings. The van der Waals surface area contributed by atoms with Crippen molar-refractivity contribution < 1.29 is 19.1 Å². The maximum atomic E-state index is 12.5. The van der Waals surface area contributed by atoms with Gasteiger partial charge in [0, 0.05) is 16.2 Å². The van der Waals surface area contributed by atoms with Crippen molar-refractivity contribution in [3.8, 4) is 0 Å². The molecule has 6 heteroatoms. The number of ether oxygens (including phenoxy) is 2. The van der Waals surface area contributed by atoms with E-state index in [1.807, 2.05) is 49.4 Å². The van der Waals surface area contributed by atoms with Crippen LogP contribution in [0, 0.1) is 6.92 Å². The van der Waals surface area contributed by atoms with Crippen LogP contribution in [-0.2, 0) is 27.3 Å². The van der Waals surface area contributed by atoms with Gasteiger partial charge in [0.05, 0.1) is 0 Å². The highest BCUT2D eigenvalue weighted by atomic mass is 32.1. The van der Waals surface area contributed by atoms with Gasteiger partial charge in [-0.15, -0.1) is 11.3 Å². The number of nitrogens with one attached hydrogen (secondary N) is 1. The quantitative estimate of drug-likeness (QED) is 0.767. The fraction of sp³-hybridized carbons (Fsp3) is 0.400. The van der Waals surface area contributed by atoms with Crippen molar-refractivity contribution in [2.24, 2.45) is 0 Å². The molecule has 1 aromatic heterocycles. The van der Waals surface area contributed by atoms with E-state index in [0.717, 1.165) is 15.3 Å². The molecule has 0 saturated heterocycles. The zero-order valence-corrected chi connectivity index (χ0v) is 16.4. The minimum absolute atomic E-state index is 0.162. The van der Waals surface area contributed by atoms with Crippen LogP contribution in [0.4, 0.5) is 4.79 Å². The number of carbonyl (C=O) groups is 2. The Balaban J connectivity index is 2.03. The van der Waals surface area contributed by atoms with E-state index < -0.39 is 23.7 Å². The minimum atomic E-state index is -0.799. The number of hydrogen-bond acceptors (Lipinski definition) is 5. The second-order valence-corrected chi connectivity index (χ2v) is 8.38. The summed E-state index contributed by atoms with van der Waals surface area (Å²) in [6.45, 7) is 7.49. The Bertz CT molecular complexity index is 734. The molecule has 0 bridgehead atoms. The van der Waals surface area contributed by atoms with Crippen LogP contribution in [0.2, 0.25) is 0 Å². The van der Waals surface area contributed by atoms with Crippen LogP contribution < -0.4 is 5.32 Å². The summed E-state index contributed by atoms with van der Waals surface area (Å²) in [7, 11) is 0. The van der Waals surface area contributed by atoms with Crippen molar-refractivity contribution in [1.82, 2.24) is 5.32 Å². The number of aryl methyl sites for hydroxylation is 1. The number of rotatable bonds is 6. The second kappa shape index (κ2) is 8.85. The van der Waals surface area contributed by atoms with E-state index in [1.165, 1.54) is 0 Å². The number of carbonyl (C=O) groups excluding carboxylic acids is 2. The summed E-state index contributed by atoms with van der Waals surface area (Å²) in [4.78, 5) is 26.8. The third-order valence-corrected chi connectivity index (χ3v) is 4.42. The first-order chi connectivity index (χ1) is 12.2. The smallest absolute Gasteiger partial charge is 0.408 e. The lowest BCUT2D eigenvalue weighted by atomic mass is 10.1. The first kappa shape index (κ1) is 20.0. The van der Waals surface area contributed by atoms with E-state index in [2.05, 4.69) is 5.32 Å². The number of alkyl carbamates (subject to hydrolysis) is 1. The van der Waals surface area contributed by atoms with Gasteiger partial charge in [0.1, 0.15) is 18.2 Å². The van der Waals surface area contributed by atoms with Crippen LogP contribution in [-0.4, -0.2) is 23.7 Å². The van der Waals surface area contributed by atoms with E-state index in [-0.39, 0.29) is 6.61 Å². The van der Waals surface area contributed by atoms with E-state index in [4.69, 9.17) is 9.47 Å². The predicted octanol–water partition coefficient (Wildman–Crippen LogP) is 4.24. The Morgan fingerprint density at radius 3 is 2.38 bits per heavy atom. The minimum Gasteiger partial charge on any atom is -0.459 e. The number of esters is 1. The fourth-order valence-electron chi connectivity index (χ4n) is 2.27. The Hall–Kier alpha value is -2.34. The van der Waals surface area contributed by atoms with Gasteiger partial charge < -0.3 is 14.8 Å². The molecule has 5 nitrogen and oxygen atoms in total. The molecule has 0 radical (unpaired) electrons. The molecule has 1 unspecified atom stereocenters. The lowest BCUT2D eigenvalue weighted by Crippen LogP contribution is -2.45. The summed E-state index contributed by atoms with van der Waals surface area (Å²) in [5.74, 6) is -0.481. The van der Waals surface area contributed by atoms with Gasteiger partial charge in [0.25, 0.3) is 0 Å². The highest BCUT2D eigenvalue weighted by Gasteiger charge is 2.26. The molecule has 0 saturated carbocycles. The van der Waals surface area contributed by atoms with Gasteiger partial charge in [0.15, 0.2) is 0 Å². The Kier molecular flexibility index (Phi) is 6.80. The Morgan fingerprint density at radius 2 is 1.81 bits per heavy atom. The molecule has 1 aromatic carbocycles.